The molecule has 4 heteroatoms. The maximum Gasteiger partial charge on any atom is 0.225 e. The van der Waals surface area contributed by atoms with E-state index < -0.39 is 0 Å². The molecule has 130 valence electrons. The quantitative estimate of drug-likeness (QED) is 0.834. The fraction of sp³-hybridized carbons (Fsp3) is 0.600. The number of nitrogens with zero attached hydrogens (tertiary/aromatic N) is 2. The third-order valence-corrected chi connectivity index (χ3v) is 5.46. The Labute approximate surface area is 144 Å². The van der Waals surface area contributed by atoms with Gasteiger partial charge in [0.2, 0.25) is 11.8 Å². The zero-order chi connectivity index (χ0) is 16.9. The van der Waals surface area contributed by atoms with Gasteiger partial charge in [0.15, 0.2) is 0 Å². The minimum absolute atomic E-state index is 0.213. The highest BCUT2D eigenvalue weighted by molar-refractivity contribution is 5.80. The summed E-state index contributed by atoms with van der Waals surface area (Å²) in [4.78, 5) is 28.5. The van der Waals surface area contributed by atoms with Crippen molar-refractivity contribution in [3.63, 3.8) is 0 Å². The van der Waals surface area contributed by atoms with Crippen LogP contribution in [-0.2, 0) is 22.4 Å². The van der Waals surface area contributed by atoms with Crippen molar-refractivity contribution >= 4 is 11.8 Å². The lowest BCUT2D eigenvalue weighted by molar-refractivity contribution is -0.144. The van der Waals surface area contributed by atoms with E-state index in [-0.39, 0.29) is 11.8 Å². The van der Waals surface area contributed by atoms with Crippen LogP contribution in [0.4, 0.5) is 0 Å². The standard InChI is InChI=1S/C20H28N2O2/c1-2-16-6-8-17(9-7-16)10-11-19(23)21-12-14-22(15-13-21)20(24)18-4-3-5-18/h6-9,18H,2-5,10-15H2,1H3. The molecule has 2 fully saturated rings. The minimum atomic E-state index is 0.213. The van der Waals surface area contributed by atoms with E-state index in [4.69, 9.17) is 0 Å². The monoisotopic (exact) mass is 328 g/mol. The molecule has 2 amide bonds. The molecule has 0 unspecified atom stereocenters. The normalized spacial score (nSPS) is 18.4. The Balaban J connectivity index is 1.42. The van der Waals surface area contributed by atoms with Crippen LogP contribution < -0.4 is 0 Å². The van der Waals surface area contributed by atoms with Crippen molar-refractivity contribution in [1.29, 1.82) is 0 Å². The zero-order valence-electron chi connectivity index (χ0n) is 14.7. The van der Waals surface area contributed by atoms with E-state index in [0.717, 1.165) is 25.7 Å². The Morgan fingerprint density at radius 3 is 2.08 bits per heavy atom. The van der Waals surface area contributed by atoms with E-state index in [1.165, 1.54) is 17.5 Å². The zero-order valence-corrected chi connectivity index (χ0v) is 14.7. The van der Waals surface area contributed by atoms with Gasteiger partial charge in [0, 0.05) is 38.5 Å². The van der Waals surface area contributed by atoms with E-state index >= 15 is 0 Å². The third kappa shape index (κ3) is 3.97. The molecule has 4 nitrogen and oxygen atoms in total. The molecule has 0 spiro atoms. The highest BCUT2D eigenvalue weighted by Crippen LogP contribution is 2.28. The largest absolute Gasteiger partial charge is 0.339 e. The summed E-state index contributed by atoms with van der Waals surface area (Å²) < 4.78 is 0. The molecule has 24 heavy (non-hydrogen) atoms. The summed E-state index contributed by atoms with van der Waals surface area (Å²) in [5, 5.41) is 0. The Kier molecular flexibility index (Phi) is 5.54. The van der Waals surface area contributed by atoms with Gasteiger partial charge in [-0.3, -0.25) is 9.59 Å². The molecule has 3 rings (SSSR count). The van der Waals surface area contributed by atoms with E-state index in [2.05, 4.69) is 31.2 Å². The summed E-state index contributed by atoms with van der Waals surface area (Å²) >= 11 is 0. The Morgan fingerprint density at radius 2 is 1.54 bits per heavy atom. The highest BCUT2D eigenvalue weighted by Gasteiger charge is 2.31. The van der Waals surface area contributed by atoms with Gasteiger partial charge in [0.25, 0.3) is 0 Å². The second-order valence-electron chi connectivity index (χ2n) is 7.00. The first kappa shape index (κ1) is 17.0. The van der Waals surface area contributed by atoms with Crippen LogP contribution in [0.5, 0.6) is 0 Å². The van der Waals surface area contributed by atoms with Crippen molar-refractivity contribution in [2.24, 2.45) is 5.92 Å². The molecule has 1 aromatic carbocycles. The van der Waals surface area contributed by atoms with Crippen LogP contribution >= 0.6 is 0 Å². The Hall–Kier alpha value is -1.84. The number of benzene rings is 1. The summed E-state index contributed by atoms with van der Waals surface area (Å²) in [6, 6.07) is 8.54. The van der Waals surface area contributed by atoms with Gasteiger partial charge in [0.1, 0.15) is 0 Å². The molecule has 1 aliphatic carbocycles. The lowest BCUT2D eigenvalue weighted by Crippen LogP contribution is -2.52. The molecular weight excluding hydrogens is 300 g/mol. The van der Waals surface area contributed by atoms with Gasteiger partial charge in [-0.1, -0.05) is 37.6 Å². The van der Waals surface area contributed by atoms with Crippen LogP contribution in [-0.4, -0.2) is 47.8 Å². The van der Waals surface area contributed by atoms with Crippen molar-refractivity contribution in [2.75, 3.05) is 26.2 Å². The number of hydrogen-bond acceptors (Lipinski definition) is 2. The molecule has 0 N–H and O–H groups in total. The topological polar surface area (TPSA) is 40.6 Å². The molecule has 1 aliphatic heterocycles. The van der Waals surface area contributed by atoms with Gasteiger partial charge in [-0.2, -0.15) is 0 Å². The number of aryl methyl sites for hydroxylation is 2. The predicted octanol–water partition coefficient (Wildman–Crippen LogP) is 2.65. The van der Waals surface area contributed by atoms with Crippen molar-refractivity contribution in [3.8, 4) is 0 Å². The Morgan fingerprint density at radius 1 is 0.958 bits per heavy atom. The second kappa shape index (κ2) is 7.82. The van der Waals surface area contributed by atoms with Crippen LogP contribution in [0.2, 0.25) is 0 Å². The number of carbonyl (C=O) groups excluding carboxylic acids is 2. The van der Waals surface area contributed by atoms with Gasteiger partial charge in [-0.15, -0.1) is 0 Å². The number of rotatable bonds is 5. The molecule has 0 atom stereocenters. The number of carbonyl (C=O) groups is 2. The van der Waals surface area contributed by atoms with Crippen LogP contribution in [0.1, 0.15) is 43.7 Å². The SMILES string of the molecule is CCc1ccc(CCC(=O)N2CCN(C(=O)C3CCC3)CC2)cc1. The number of amides is 2. The van der Waals surface area contributed by atoms with Gasteiger partial charge in [-0.05, 0) is 36.8 Å². The van der Waals surface area contributed by atoms with Crippen LogP contribution in [0, 0.1) is 5.92 Å². The van der Waals surface area contributed by atoms with Gasteiger partial charge in [0.05, 0.1) is 0 Å². The van der Waals surface area contributed by atoms with E-state index in [9.17, 15) is 9.59 Å². The first-order valence-corrected chi connectivity index (χ1v) is 9.31. The van der Waals surface area contributed by atoms with E-state index in [1.54, 1.807) is 0 Å². The molecule has 1 aromatic rings. The fourth-order valence-corrected chi connectivity index (χ4v) is 3.44. The van der Waals surface area contributed by atoms with Crippen molar-refractivity contribution in [1.82, 2.24) is 9.80 Å². The molecule has 2 aliphatic rings. The molecule has 0 aromatic heterocycles. The van der Waals surface area contributed by atoms with E-state index in [0.29, 0.717) is 38.5 Å². The van der Waals surface area contributed by atoms with Gasteiger partial charge >= 0.3 is 0 Å². The first-order valence-electron chi connectivity index (χ1n) is 9.31. The summed E-state index contributed by atoms with van der Waals surface area (Å²) in [6.45, 7) is 4.92. The maximum absolute atomic E-state index is 12.4. The van der Waals surface area contributed by atoms with Crippen LogP contribution in [0.15, 0.2) is 24.3 Å². The average Bonchev–Trinajstić information content (AvgIpc) is 2.58. The average molecular weight is 328 g/mol. The fourth-order valence-electron chi connectivity index (χ4n) is 3.44. The first-order chi connectivity index (χ1) is 11.7. The number of hydrogen-bond donors (Lipinski definition) is 0. The van der Waals surface area contributed by atoms with Crippen molar-refractivity contribution < 1.29 is 9.59 Å². The highest BCUT2D eigenvalue weighted by atomic mass is 16.2. The van der Waals surface area contributed by atoms with Crippen molar-refractivity contribution in [2.45, 2.75) is 45.4 Å². The molecule has 1 heterocycles. The van der Waals surface area contributed by atoms with E-state index in [1.807, 2.05) is 9.80 Å². The van der Waals surface area contributed by atoms with Crippen molar-refractivity contribution in [3.05, 3.63) is 35.4 Å². The maximum atomic E-state index is 12.4. The second-order valence-corrected chi connectivity index (χ2v) is 7.00. The minimum Gasteiger partial charge on any atom is -0.339 e. The van der Waals surface area contributed by atoms with Gasteiger partial charge < -0.3 is 9.80 Å². The molecule has 1 saturated carbocycles. The predicted molar refractivity (Wildman–Crippen MR) is 94.6 cm³/mol. The third-order valence-electron chi connectivity index (χ3n) is 5.46. The summed E-state index contributed by atoms with van der Waals surface area (Å²) in [5.74, 6) is 0.785. The smallest absolute Gasteiger partial charge is 0.225 e. The van der Waals surface area contributed by atoms with Gasteiger partial charge in [-0.25, -0.2) is 0 Å². The lowest BCUT2D eigenvalue weighted by atomic mass is 9.84. The lowest BCUT2D eigenvalue weighted by Gasteiger charge is -2.38. The molecule has 0 radical (unpaired) electrons. The molecule has 0 bridgehead atoms. The summed E-state index contributed by atoms with van der Waals surface area (Å²) in [5.41, 5.74) is 2.55. The van der Waals surface area contributed by atoms with Crippen LogP contribution in [0.3, 0.4) is 0 Å². The Bertz CT molecular complexity index is 570. The number of piperazine rings is 1. The summed E-state index contributed by atoms with van der Waals surface area (Å²) in [7, 11) is 0. The summed E-state index contributed by atoms with van der Waals surface area (Å²) in [6.07, 6.45) is 5.69. The van der Waals surface area contributed by atoms with Crippen LogP contribution in [0.25, 0.3) is 0 Å². The molecule has 1 saturated heterocycles. The molecular formula is C20H28N2O2.